The number of hydrogen-bond acceptors (Lipinski definition) is 3. The summed E-state index contributed by atoms with van der Waals surface area (Å²) in [4.78, 5) is 9.69. The van der Waals surface area contributed by atoms with Gasteiger partial charge in [-0.05, 0) is 0 Å². The molecule has 5 heavy (non-hydrogen) atoms. The first kappa shape index (κ1) is 3.03. The zero-order chi connectivity index (χ0) is 4.99. The predicted octanol–water partition coefficient (Wildman–Crippen LogP) is 0.000800. The van der Waals surface area contributed by atoms with Crippen molar-refractivity contribution < 1.29 is 9.90 Å². The van der Waals surface area contributed by atoms with E-state index in [0.717, 1.165) is 0 Å². The Morgan fingerprint density at radius 1 is 2.40 bits per heavy atom. The van der Waals surface area contributed by atoms with Crippen molar-refractivity contribution in [2.75, 3.05) is 5.75 Å². The van der Waals surface area contributed by atoms with Crippen molar-refractivity contribution in [1.82, 2.24) is 0 Å². The second-order valence-corrected chi connectivity index (χ2v) is 0.846. The van der Waals surface area contributed by atoms with Gasteiger partial charge < -0.3 is 5.11 Å². The maximum absolute atomic E-state index is 9.69. The standard InChI is InChI=1S/C2H4O2S/c3-2(4)1-5/h5H,1H2,(H,3,4)/i/hT. The summed E-state index contributed by atoms with van der Waals surface area (Å²) >= 11 is 3.50. The van der Waals surface area contributed by atoms with Crippen LogP contribution in [0.15, 0.2) is 0 Å². The lowest BCUT2D eigenvalue weighted by atomic mass is 10.8. The highest BCUT2D eigenvalue weighted by molar-refractivity contribution is 7.81. The summed E-state index contributed by atoms with van der Waals surface area (Å²) in [5.41, 5.74) is 0. The highest BCUT2D eigenvalue weighted by atomic mass is 32.1. The van der Waals surface area contributed by atoms with E-state index in [1.807, 2.05) is 0 Å². The van der Waals surface area contributed by atoms with E-state index in [-0.39, 0.29) is 5.75 Å². The first-order valence-electron chi connectivity index (χ1n) is 1.49. The molecule has 0 unspecified atom stereocenters. The van der Waals surface area contributed by atoms with Crippen molar-refractivity contribution in [3.05, 3.63) is 0 Å². The van der Waals surface area contributed by atoms with Crippen LogP contribution in [0.3, 0.4) is 0 Å². The van der Waals surface area contributed by atoms with Crippen molar-refractivity contribution in [3.63, 3.8) is 0 Å². The monoisotopic (exact) mass is 94.0 g/mol. The SMILES string of the molecule is [3H]OC(=O)CS. The fourth-order valence-corrected chi connectivity index (χ4v) is 0. The maximum atomic E-state index is 9.69. The third kappa shape index (κ3) is 3.82. The topological polar surface area (TPSA) is 37.3 Å². The lowest BCUT2D eigenvalue weighted by Gasteiger charge is -1.71. The molecule has 0 aromatic heterocycles. The molecule has 0 spiro atoms. The number of rotatable bonds is 1. The van der Waals surface area contributed by atoms with Gasteiger partial charge in [-0.2, -0.15) is 12.6 Å². The number of carboxylic acid groups (broad SMARTS) is 1. The van der Waals surface area contributed by atoms with Gasteiger partial charge in [0.15, 0.2) is 0 Å². The number of carbonyl (C=O) groups is 1. The van der Waals surface area contributed by atoms with E-state index >= 15 is 0 Å². The Balaban J connectivity index is 2.99. The Bertz CT molecular complexity index is 49.5. The van der Waals surface area contributed by atoms with Gasteiger partial charge in [-0.25, -0.2) is 0 Å². The Morgan fingerprint density at radius 3 is 3.00 bits per heavy atom. The molecule has 0 aliphatic carbocycles. The zero-order valence-corrected chi connectivity index (χ0v) is 3.37. The lowest BCUT2D eigenvalue weighted by Crippen LogP contribution is -1.92. The van der Waals surface area contributed by atoms with Gasteiger partial charge in [0.25, 0.3) is 1.43 Å². The molecular weight excluding hydrogens is 88.1 g/mol. The normalized spacial score (nSPS) is 9.40. The van der Waals surface area contributed by atoms with Gasteiger partial charge in [0.1, 0.15) is 0 Å². The van der Waals surface area contributed by atoms with Crippen LogP contribution >= 0.6 is 12.6 Å². The molecule has 30 valence electrons. The van der Waals surface area contributed by atoms with Crippen molar-refractivity contribution in [1.29, 1.82) is 1.43 Å². The van der Waals surface area contributed by atoms with E-state index in [1.165, 1.54) is 0 Å². The molecule has 0 bridgehead atoms. The number of thiol groups is 1. The van der Waals surface area contributed by atoms with Gasteiger partial charge in [-0.1, -0.05) is 0 Å². The van der Waals surface area contributed by atoms with Crippen LogP contribution in [0.5, 0.6) is 0 Å². The van der Waals surface area contributed by atoms with Gasteiger partial charge in [0, 0.05) is 0 Å². The van der Waals surface area contributed by atoms with Crippen molar-refractivity contribution in [2.45, 2.75) is 0 Å². The zero-order valence-electron chi connectivity index (χ0n) is 3.47. The van der Waals surface area contributed by atoms with Gasteiger partial charge in [-0.3, -0.25) is 4.79 Å². The maximum Gasteiger partial charge on any atom is 0.313 e. The van der Waals surface area contributed by atoms with Gasteiger partial charge >= 0.3 is 5.97 Å². The molecule has 3 heteroatoms. The molecule has 0 aliphatic heterocycles. The highest BCUT2D eigenvalue weighted by Crippen LogP contribution is 1.66. The van der Waals surface area contributed by atoms with Crippen molar-refractivity contribution in [2.24, 2.45) is 0 Å². The summed E-state index contributed by atoms with van der Waals surface area (Å²) < 4.78 is 5.91. The van der Waals surface area contributed by atoms with E-state index in [1.54, 1.807) is 0 Å². The van der Waals surface area contributed by atoms with Crippen molar-refractivity contribution >= 4 is 18.6 Å². The van der Waals surface area contributed by atoms with Crippen LogP contribution in [0, 0.1) is 0 Å². The van der Waals surface area contributed by atoms with Gasteiger partial charge in [0.05, 0.1) is 5.75 Å². The summed E-state index contributed by atoms with van der Waals surface area (Å²) in [5.74, 6) is -0.651. The van der Waals surface area contributed by atoms with Crippen LogP contribution in [0.4, 0.5) is 0 Å². The molecule has 0 rings (SSSR count). The second-order valence-electron chi connectivity index (χ2n) is 0.530. The number of aliphatic carboxylic acids is 1. The fourth-order valence-electron chi connectivity index (χ4n) is 0. The minimum absolute atomic E-state index is 0.0243. The van der Waals surface area contributed by atoms with Crippen LogP contribution < -0.4 is 0 Å². The fraction of sp³-hybridized carbons (Fsp3) is 0.500. The minimum atomic E-state index is -0.627. The van der Waals surface area contributed by atoms with E-state index < -0.39 is 5.97 Å². The Hall–Kier alpha value is -0.180. The van der Waals surface area contributed by atoms with Crippen LogP contribution in [0.25, 0.3) is 1.43 Å². The summed E-state index contributed by atoms with van der Waals surface area (Å²) in [6.07, 6.45) is 0. The third-order valence-corrected chi connectivity index (χ3v) is 0.387. The largest absolute Gasteiger partial charge is 0.481 e. The predicted molar refractivity (Wildman–Crippen MR) is 21.5 cm³/mol. The first-order valence-corrected chi connectivity index (χ1v) is 1.71. The minimum Gasteiger partial charge on any atom is -0.481 e. The van der Waals surface area contributed by atoms with E-state index in [2.05, 4.69) is 17.7 Å². The third-order valence-electron chi connectivity index (χ3n) is 0.129. The summed E-state index contributed by atoms with van der Waals surface area (Å²) in [6.45, 7) is 0. The molecule has 1 N–H and O–H groups in total. The highest BCUT2D eigenvalue weighted by Gasteiger charge is 1.81. The summed E-state index contributed by atoms with van der Waals surface area (Å²) in [6, 6.07) is 0. The van der Waals surface area contributed by atoms with E-state index in [9.17, 15) is 4.79 Å². The molecule has 0 saturated heterocycles. The van der Waals surface area contributed by atoms with E-state index in [0.29, 0.717) is 0 Å². The summed E-state index contributed by atoms with van der Waals surface area (Å²) in [5, 5.41) is 3.43. The van der Waals surface area contributed by atoms with Crippen molar-refractivity contribution in [3.8, 4) is 0 Å². The number of hydrogen-bond donors (Lipinski definition) is 2. The molecule has 0 atom stereocenters. The van der Waals surface area contributed by atoms with Gasteiger partial charge in [-0.15, -0.1) is 0 Å². The molecule has 0 aliphatic rings. The van der Waals surface area contributed by atoms with E-state index in [4.69, 9.17) is 1.43 Å². The molecule has 0 aromatic carbocycles. The quantitative estimate of drug-likeness (QED) is 0.449. The summed E-state index contributed by atoms with van der Waals surface area (Å²) in [7, 11) is 0. The smallest absolute Gasteiger partial charge is 0.313 e. The van der Waals surface area contributed by atoms with Crippen LogP contribution in [0.1, 0.15) is 0 Å². The van der Waals surface area contributed by atoms with Crippen LogP contribution in [-0.2, 0) is 4.79 Å². The molecule has 0 radical (unpaired) electrons. The molecular formula is C2H4O2S. The second kappa shape index (κ2) is 2.08. The Morgan fingerprint density at radius 2 is 3.00 bits per heavy atom. The number of carboxylic acids is 1. The van der Waals surface area contributed by atoms with Crippen LogP contribution in [-0.4, -0.2) is 16.8 Å². The average Bonchev–Trinajstić information content (AvgIpc) is 1.65. The Labute approximate surface area is 36.7 Å². The first-order chi connectivity index (χ1) is 2.81. The Kier molecular flexibility index (Phi) is 1.26. The van der Waals surface area contributed by atoms with Gasteiger partial charge in [0.2, 0.25) is 0 Å². The lowest BCUT2D eigenvalue weighted by molar-refractivity contribution is -0.133. The average molecular weight is 94.1 g/mol. The molecule has 0 heterocycles. The molecule has 0 amide bonds. The molecule has 0 aromatic rings. The molecule has 0 fully saturated rings. The molecule has 2 nitrogen and oxygen atoms in total. The molecule has 0 saturated carbocycles. The van der Waals surface area contributed by atoms with Crippen LogP contribution in [0.2, 0.25) is 0 Å².